The van der Waals surface area contributed by atoms with Gasteiger partial charge >= 0.3 is 12.0 Å². The number of carbonyl (C=O) groups is 1. The van der Waals surface area contributed by atoms with Crippen molar-refractivity contribution in [1.29, 1.82) is 0 Å². The van der Waals surface area contributed by atoms with Crippen molar-refractivity contribution in [3.63, 3.8) is 0 Å². The lowest BCUT2D eigenvalue weighted by Crippen LogP contribution is -2.10. The lowest BCUT2D eigenvalue weighted by molar-refractivity contribution is 0.0968. The van der Waals surface area contributed by atoms with Crippen LogP contribution in [0.25, 0.3) is 21.8 Å². The first-order valence-corrected chi connectivity index (χ1v) is 6.22. The summed E-state index contributed by atoms with van der Waals surface area (Å²) >= 11 is 0. The average molecular weight is 238 g/mol. The van der Waals surface area contributed by atoms with Crippen LogP contribution in [-0.4, -0.2) is 10.8 Å². The standard InChI is InChI=1S/C15H11NO2/c17-12-6-3-7-13-15(12)14-9-4-1-2-5-10(9)16-11(14)8-18-13/h1-2,4-5,8H,3,6-7H2/p+1. The topological polar surface area (TPSA) is 44.2 Å². The molecule has 0 radical (unpaired) electrons. The van der Waals surface area contributed by atoms with Crippen molar-refractivity contribution in [2.45, 2.75) is 19.3 Å². The van der Waals surface area contributed by atoms with E-state index in [9.17, 15) is 4.79 Å². The number of aromatic amines is 1. The van der Waals surface area contributed by atoms with Gasteiger partial charge in [0.1, 0.15) is 11.1 Å². The van der Waals surface area contributed by atoms with Crippen LogP contribution < -0.4 is 0 Å². The van der Waals surface area contributed by atoms with E-state index in [-0.39, 0.29) is 5.78 Å². The molecule has 2 heterocycles. The number of aryl methyl sites for hydroxylation is 1. The molecular formula is C15H12NO2+. The Labute approximate surface area is 103 Å². The third-order valence-electron chi connectivity index (χ3n) is 3.67. The van der Waals surface area contributed by atoms with Crippen molar-refractivity contribution >= 4 is 27.6 Å². The summed E-state index contributed by atoms with van der Waals surface area (Å²) in [5, 5.41) is 2.13. The summed E-state index contributed by atoms with van der Waals surface area (Å²) in [5.41, 5.74) is 2.75. The number of rotatable bonds is 0. The van der Waals surface area contributed by atoms with Crippen LogP contribution in [0.2, 0.25) is 0 Å². The maximum atomic E-state index is 12.2. The van der Waals surface area contributed by atoms with Crippen LogP contribution in [0.15, 0.2) is 34.9 Å². The zero-order valence-electron chi connectivity index (χ0n) is 9.82. The predicted molar refractivity (Wildman–Crippen MR) is 69.7 cm³/mol. The third kappa shape index (κ3) is 1.19. The van der Waals surface area contributed by atoms with Crippen LogP contribution in [0, 0.1) is 0 Å². The quantitative estimate of drug-likeness (QED) is 0.607. The Hall–Kier alpha value is -2.16. The van der Waals surface area contributed by atoms with Gasteiger partial charge in [-0.1, -0.05) is 18.2 Å². The number of ketones is 1. The number of carbonyl (C=O) groups excluding carboxylic acids is 1. The summed E-state index contributed by atoms with van der Waals surface area (Å²) in [7, 11) is 0. The summed E-state index contributed by atoms with van der Waals surface area (Å²) in [5.74, 6) is 1.04. The molecule has 0 spiro atoms. The van der Waals surface area contributed by atoms with Gasteiger partial charge in [0.25, 0.3) is 0 Å². The molecule has 0 saturated carbocycles. The van der Waals surface area contributed by atoms with E-state index in [0.29, 0.717) is 6.42 Å². The molecule has 0 bridgehead atoms. The van der Waals surface area contributed by atoms with E-state index in [1.165, 1.54) is 0 Å². The Bertz CT molecular complexity index is 786. The molecule has 3 aromatic rings. The second-order valence-electron chi connectivity index (χ2n) is 4.77. The molecule has 18 heavy (non-hydrogen) atoms. The summed E-state index contributed by atoms with van der Waals surface area (Å²) in [6.07, 6.45) is 4.10. The monoisotopic (exact) mass is 238 g/mol. The Morgan fingerprint density at radius 2 is 2.00 bits per heavy atom. The highest BCUT2D eigenvalue weighted by molar-refractivity contribution is 6.18. The lowest BCUT2D eigenvalue weighted by atomic mass is 9.92. The second kappa shape index (κ2) is 3.42. The number of H-pyrrole nitrogens is 1. The molecule has 0 atom stereocenters. The second-order valence-corrected chi connectivity index (χ2v) is 4.77. The zero-order valence-corrected chi connectivity index (χ0v) is 9.82. The number of hydrogen-bond acceptors (Lipinski definition) is 1. The Morgan fingerprint density at radius 3 is 2.94 bits per heavy atom. The van der Waals surface area contributed by atoms with Crippen molar-refractivity contribution in [2.75, 3.05) is 0 Å². The average Bonchev–Trinajstić information content (AvgIpc) is 2.77. The summed E-state index contributed by atoms with van der Waals surface area (Å²) in [6.45, 7) is 0. The molecule has 0 saturated heterocycles. The molecule has 88 valence electrons. The van der Waals surface area contributed by atoms with E-state index in [2.05, 4.69) is 11.1 Å². The number of benzene rings is 1. The van der Waals surface area contributed by atoms with Crippen LogP contribution in [-0.2, 0) is 6.42 Å². The lowest BCUT2D eigenvalue weighted by Gasteiger charge is -2.06. The van der Waals surface area contributed by atoms with Crippen molar-refractivity contribution in [1.82, 2.24) is 4.98 Å². The van der Waals surface area contributed by atoms with Gasteiger partial charge in [0.05, 0.1) is 6.42 Å². The van der Waals surface area contributed by atoms with Gasteiger partial charge in [-0.05, 0) is 12.5 Å². The van der Waals surface area contributed by atoms with Crippen LogP contribution in [0.4, 0.5) is 0 Å². The summed E-state index contributed by atoms with van der Waals surface area (Å²) in [6, 6.07) is 8.06. The molecule has 3 heteroatoms. The van der Waals surface area contributed by atoms with Crippen LogP contribution in [0.1, 0.15) is 29.0 Å². The predicted octanol–water partition coefficient (Wildman–Crippen LogP) is 3.71. The van der Waals surface area contributed by atoms with Crippen molar-refractivity contribution in [3.8, 4) is 0 Å². The first-order valence-electron chi connectivity index (χ1n) is 6.22. The molecule has 0 fully saturated rings. The minimum Gasteiger partial charge on any atom is -0.347 e. The highest BCUT2D eigenvalue weighted by Gasteiger charge is 2.30. The molecule has 2 aromatic heterocycles. The summed E-state index contributed by atoms with van der Waals surface area (Å²) < 4.78 is 5.61. The number of aromatic nitrogens is 1. The Morgan fingerprint density at radius 1 is 1.11 bits per heavy atom. The van der Waals surface area contributed by atoms with E-state index < -0.39 is 0 Å². The van der Waals surface area contributed by atoms with Gasteiger partial charge < -0.3 is 4.98 Å². The molecule has 0 aliphatic heterocycles. The van der Waals surface area contributed by atoms with E-state index in [1.807, 2.05) is 18.2 Å². The fraction of sp³-hybridized carbons (Fsp3) is 0.200. The molecule has 0 unspecified atom stereocenters. The van der Waals surface area contributed by atoms with Gasteiger partial charge in [0.2, 0.25) is 0 Å². The van der Waals surface area contributed by atoms with Crippen LogP contribution in [0.3, 0.4) is 0 Å². The van der Waals surface area contributed by atoms with Gasteiger partial charge in [-0.15, -0.1) is 0 Å². The maximum Gasteiger partial charge on any atom is 0.342 e. The van der Waals surface area contributed by atoms with Crippen molar-refractivity contribution in [2.24, 2.45) is 0 Å². The Balaban J connectivity index is 2.24. The molecule has 0 amide bonds. The normalized spacial score (nSPS) is 15.2. The molecule has 3 nitrogen and oxygen atoms in total. The van der Waals surface area contributed by atoms with Crippen LogP contribution >= 0.6 is 0 Å². The molecule has 1 aliphatic rings. The SMILES string of the molecule is O=C1CCCc2[o+]cc3[nH]c4ccccc4c3c21. The van der Waals surface area contributed by atoms with Gasteiger partial charge in [0.15, 0.2) is 5.78 Å². The highest BCUT2D eigenvalue weighted by atomic mass is 16.3. The van der Waals surface area contributed by atoms with Crippen LogP contribution in [0.5, 0.6) is 0 Å². The molecule has 1 aliphatic carbocycles. The number of Topliss-reactive ketones (excluding diaryl/α,β-unsaturated/α-hetero) is 1. The fourth-order valence-electron chi connectivity index (χ4n) is 2.86. The highest BCUT2D eigenvalue weighted by Crippen LogP contribution is 2.33. The van der Waals surface area contributed by atoms with E-state index in [1.54, 1.807) is 6.26 Å². The van der Waals surface area contributed by atoms with E-state index in [0.717, 1.165) is 46.0 Å². The summed E-state index contributed by atoms with van der Waals surface area (Å²) in [4.78, 5) is 15.5. The van der Waals surface area contributed by atoms with Gasteiger partial charge in [-0.25, -0.2) is 4.42 Å². The largest absolute Gasteiger partial charge is 0.347 e. The minimum absolute atomic E-state index is 0.204. The van der Waals surface area contributed by atoms with Gasteiger partial charge in [0, 0.05) is 22.7 Å². The maximum absolute atomic E-state index is 12.2. The zero-order chi connectivity index (χ0) is 12.1. The Kier molecular flexibility index (Phi) is 1.87. The third-order valence-corrected chi connectivity index (χ3v) is 3.67. The van der Waals surface area contributed by atoms with E-state index >= 15 is 0 Å². The molecule has 1 aromatic carbocycles. The first-order chi connectivity index (χ1) is 8.84. The molecule has 1 N–H and O–H groups in total. The van der Waals surface area contributed by atoms with Crippen molar-refractivity contribution < 1.29 is 9.21 Å². The molecule has 4 rings (SSSR count). The number of nitrogens with one attached hydrogen (secondary N) is 1. The smallest absolute Gasteiger partial charge is 0.342 e. The number of fused-ring (bicyclic) bond motifs is 5. The van der Waals surface area contributed by atoms with Gasteiger partial charge in [-0.2, -0.15) is 0 Å². The fourth-order valence-corrected chi connectivity index (χ4v) is 2.86. The van der Waals surface area contributed by atoms with Gasteiger partial charge in [-0.3, -0.25) is 4.79 Å². The number of para-hydroxylation sites is 1. The number of hydrogen-bond donors (Lipinski definition) is 1. The van der Waals surface area contributed by atoms with Crippen molar-refractivity contribution in [3.05, 3.63) is 41.9 Å². The minimum atomic E-state index is 0.204. The molecular weight excluding hydrogens is 226 g/mol. The first kappa shape index (κ1) is 9.83. The van der Waals surface area contributed by atoms with E-state index in [4.69, 9.17) is 4.42 Å².